The second kappa shape index (κ2) is 10.4. The molecule has 1 N–H and O–H groups in total. The molecular formula is C17H28N2O2. The van der Waals surface area contributed by atoms with Gasteiger partial charge in [0.2, 0.25) is 5.91 Å². The third kappa shape index (κ3) is 7.25. The first-order valence-corrected chi connectivity index (χ1v) is 7.75. The second-order valence-corrected chi connectivity index (χ2v) is 5.15. The molecular weight excluding hydrogens is 264 g/mol. The van der Waals surface area contributed by atoms with Crippen molar-refractivity contribution in [2.24, 2.45) is 0 Å². The number of nitrogens with one attached hydrogen (secondary N) is 1. The summed E-state index contributed by atoms with van der Waals surface area (Å²) in [7, 11) is 1.65. The van der Waals surface area contributed by atoms with E-state index >= 15 is 0 Å². The largest absolute Gasteiger partial charge is 0.385 e. The summed E-state index contributed by atoms with van der Waals surface area (Å²) in [5, 5.41) is 2.96. The second-order valence-electron chi connectivity index (χ2n) is 5.15. The number of hydrogen-bond acceptors (Lipinski definition) is 3. The van der Waals surface area contributed by atoms with Gasteiger partial charge in [-0.3, -0.25) is 9.69 Å². The zero-order valence-electron chi connectivity index (χ0n) is 13.5. The van der Waals surface area contributed by atoms with Crippen molar-refractivity contribution >= 4 is 5.91 Å². The highest BCUT2D eigenvalue weighted by Crippen LogP contribution is 2.08. The fourth-order valence-electron chi connectivity index (χ4n) is 2.21. The summed E-state index contributed by atoms with van der Waals surface area (Å²) < 4.78 is 4.94. The first-order valence-electron chi connectivity index (χ1n) is 7.75. The molecule has 0 atom stereocenters. The van der Waals surface area contributed by atoms with Crippen LogP contribution in [0.3, 0.4) is 0 Å². The summed E-state index contributed by atoms with van der Waals surface area (Å²) >= 11 is 0. The van der Waals surface area contributed by atoms with Gasteiger partial charge >= 0.3 is 0 Å². The number of carbonyl (C=O) groups is 1. The van der Waals surface area contributed by atoms with Crippen LogP contribution < -0.4 is 5.32 Å². The maximum Gasteiger partial charge on any atom is 0.220 e. The summed E-state index contributed by atoms with van der Waals surface area (Å²) in [4.78, 5) is 14.0. The standard InChI is InChI=1S/C17H28N2O2/c1-4-19(5-2)14-16-9-6-8-15(12-16)13-18-17(20)10-7-11-21-3/h6,8-9,12H,4-5,7,10-11,13-14H2,1-3H3,(H,18,20). The van der Waals surface area contributed by atoms with Crippen LogP contribution in [-0.2, 0) is 22.6 Å². The molecule has 0 saturated heterocycles. The molecule has 4 heteroatoms. The Hall–Kier alpha value is -1.39. The molecule has 0 spiro atoms. The topological polar surface area (TPSA) is 41.6 Å². The van der Waals surface area contributed by atoms with Crippen molar-refractivity contribution in [3.05, 3.63) is 35.4 Å². The lowest BCUT2D eigenvalue weighted by Crippen LogP contribution is -2.23. The van der Waals surface area contributed by atoms with Gasteiger partial charge in [-0.15, -0.1) is 0 Å². The molecule has 0 radical (unpaired) electrons. The Morgan fingerprint density at radius 2 is 1.95 bits per heavy atom. The predicted octanol–water partition coefficient (Wildman–Crippen LogP) is 2.57. The van der Waals surface area contributed by atoms with Crippen LogP contribution in [0.15, 0.2) is 24.3 Å². The van der Waals surface area contributed by atoms with Gasteiger partial charge in [0, 0.05) is 33.2 Å². The molecule has 1 rings (SSSR count). The van der Waals surface area contributed by atoms with E-state index in [4.69, 9.17) is 4.74 Å². The van der Waals surface area contributed by atoms with Crippen molar-refractivity contribution < 1.29 is 9.53 Å². The average Bonchev–Trinajstić information content (AvgIpc) is 2.51. The van der Waals surface area contributed by atoms with E-state index in [1.54, 1.807) is 7.11 Å². The molecule has 0 aromatic heterocycles. The van der Waals surface area contributed by atoms with Crippen LogP contribution >= 0.6 is 0 Å². The molecule has 0 heterocycles. The van der Waals surface area contributed by atoms with Crippen LogP contribution in [0.1, 0.15) is 37.8 Å². The van der Waals surface area contributed by atoms with E-state index in [1.807, 2.05) is 0 Å². The average molecular weight is 292 g/mol. The van der Waals surface area contributed by atoms with Gasteiger partial charge in [0.15, 0.2) is 0 Å². The molecule has 21 heavy (non-hydrogen) atoms. The Balaban J connectivity index is 2.43. The summed E-state index contributed by atoms with van der Waals surface area (Å²) in [6.45, 7) is 8.64. The highest BCUT2D eigenvalue weighted by molar-refractivity contribution is 5.75. The summed E-state index contributed by atoms with van der Waals surface area (Å²) in [6.07, 6.45) is 1.29. The van der Waals surface area contributed by atoms with Gasteiger partial charge in [0.1, 0.15) is 0 Å². The third-order valence-electron chi connectivity index (χ3n) is 3.53. The maximum atomic E-state index is 11.7. The van der Waals surface area contributed by atoms with Crippen LogP contribution in [0.25, 0.3) is 0 Å². The van der Waals surface area contributed by atoms with Crippen molar-refractivity contribution in [3.63, 3.8) is 0 Å². The smallest absolute Gasteiger partial charge is 0.220 e. The molecule has 0 saturated carbocycles. The van der Waals surface area contributed by atoms with Crippen LogP contribution in [-0.4, -0.2) is 37.6 Å². The van der Waals surface area contributed by atoms with Crippen LogP contribution in [0.2, 0.25) is 0 Å². The Morgan fingerprint density at radius 1 is 1.24 bits per heavy atom. The number of rotatable bonds is 10. The molecule has 0 fully saturated rings. The quantitative estimate of drug-likeness (QED) is 0.674. The highest BCUT2D eigenvalue weighted by Gasteiger charge is 2.04. The molecule has 4 nitrogen and oxygen atoms in total. The van der Waals surface area contributed by atoms with Crippen molar-refractivity contribution in [2.45, 2.75) is 39.8 Å². The molecule has 1 aromatic rings. The molecule has 0 aliphatic carbocycles. The summed E-state index contributed by atoms with van der Waals surface area (Å²) in [6, 6.07) is 8.43. The Kier molecular flexibility index (Phi) is 8.71. The first kappa shape index (κ1) is 17.7. The lowest BCUT2D eigenvalue weighted by atomic mass is 10.1. The minimum absolute atomic E-state index is 0.0844. The van der Waals surface area contributed by atoms with E-state index in [9.17, 15) is 4.79 Å². The molecule has 118 valence electrons. The summed E-state index contributed by atoms with van der Waals surface area (Å²) in [5.74, 6) is 0.0844. The third-order valence-corrected chi connectivity index (χ3v) is 3.53. The Morgan fingerprint density at radius 3 is 2.62 bits per heavy atom. The number of carbonyl (C=O) groups excluding carboxylic acids is 1. The van der Waals surface area contributed by atoms with Crippen molar-refractivity contribution in [1.29, 1.82) is 0 Å². The number of benzene rings is 1. The highest BCUT2D eigenvalue weighted by atomic mass is 16.5. The van der Waals surface area contributed by atoms with Crippen LogP contribution in [0.4, 0.5) is 0 Å². The lowest BCUT2D eigenvalue weighted by molar-refractivity contribution is -0.121. The van der Waals surface area contributed by atoms with E-state index in [2.05, 4.69) is 48.3 Å². The molecule has 1 amide bonds. The summed E-state index contributed by atoms with van der Waals surface area (Å²) in [5.41, 5.74) is 2.45. The van der Waals surface area contributed by atoms with Gasteiger partial charge in [0.05, 0.1) is 0 Å². The van der Waals surface area contributed by atoms with E-state index in [-0.39, 0.29) is 5.91 Å². The number of hydrogen-bond donors (Lipinski definition) is 1. The Bertz CT molecular complexity index is 417. The van der Waals surface area contributed by atoms with E-state index in [0.717, 1.165) is 31.6 Å². The lowest BCUT2D eigenvalue weighted by Gasteiger charge is -2.18. The zero-order valence-corrected chi connectivity index (χ0v) is 13.5. The van der Waals surface area contributed by atoms with Gasteiger partial charge in [-0.2, -0.15) is 0 Å². The van der Waals surface area contributed by atoms with Crippen molar-refractivity contribution in [3.8, 4) is 0 Å². The molecule has 0 aliphatic rings. The number of methoxy groups -OCH3 is 1. The number of nitrogens with zero attached hydrogens (tertiary/aromatic N) is 1. The molecule has 1 aromatic carbocycles. The van der Waals surface area contributed by atoms with E-state index in [0.29, 0.717) is 19.6 Å². The fourth-order valence-corrected chi connectivity index (χ4v) is 2.21. The Labute approximate surface area is 128 Å². The van der Waals surface area contributed by atoms with E-state index < -0.39 is 0 Å². The van der Waals surface area contributed by atoms with Gasteiger partial charge in [0.25, 0.3) is 0 Å². The minimum atomic E-state index is 0.0844. The maximum absolute atomic E-state index is 11.7. The first-order chi connectivity index (χ1) is 10.2. The van der Waals surface area contributed by atoms with E-state index in [1.165, 1.54) is 5.56 Å². The van der Waals surface area contributed by atoms with Crippen LogP contribution in [0, 0.1) is 0 Å². The monoisotopic (exact) mass is 292 g/mol. The van der Waals surface area contributed by atoms with Gasteiger partial charge in [-0.05, 0) is 30.6 Å². The zero-order chi connectivity index (χ0) is 15.5. The molecule has 0 bridgehead atoms. The van der Waals surface area contributed by atoms with Gasteiger partial charge < -0.3 is 10.1 Å². The van der Waals surface area contributed by atoms with Crippen molar-refractivity contribution in [1.82, 2.24) is 10.2 Å². The predicted molar refractivity (Wildman–Crippen MR) is 86.0 cm³/mol. The van der Waals surface area contributed by atoms with Crippen molar-refractivity contribution in [2.75, 3.05) is 26.8 Å². The minimum Gasteiger partial charge on any atom is -0.385 e. The normalized spacial score (nSPS) is 10.9. The van der Waals surface area contributed by atoms with Gasteiger partial charge in [-0.25, -0.2) is 0 Å². The van der Waals surface area contributed by atoms with Crippen LogP contribution in [0.5, 0.6) is 0 Å². The molecule has 0 aliphatic heterocycles. The fraction of sp³-hybridized carbons (Fsp3) is 0.588. The van der Waals surface area contributed by atoms with Gasteiger partial charge in [-0.1, -0.05) is 38.1 Å². The SMILES string of the molecule is CCN(CC)Cc1cccc(CNC(=O)CCCOC)c1. The number of ether oxygens (including phenoxy) is 1. The molecule has 0 unspecified atom stereocenters. The number of amides is 1.